The molecular formula is C32H30ClF2N5O5S. The number of halogens is 3. The summed E-state index contributed by atoms with van der Waals surface area (Å²) in [7, 11) is 0. The van der Waals surface area contributed by atoms with Crippen molar-refractivity contribution in [3.63, 3.8) is 0 Å². The highest BCUT2D eigenvalue weighted by atomic mass is 35.5. The number of alkyl halides is 2. The minimum atomic E-state index is -2.95. The summed E-state index contributed by atoms with van der Waals surface area (Å²) in [5.41, 5.74) is 2.42. The van der Waals surface area contributed by atoms with Crippen LogP contribution in [0.5, 0.6) is 5.88 Å². The Balaban J connectivity index is 1.18. The standard InChI is InChI=1S/C32H30ClF2N5O5S/c1-18-32(16-43-17-32)44-8-7-39(18)24-10-21(33)13-36-30(24)45-22-11-25(31(41)42)40(14-22)27-12-23(37-29(38-27)28(34)35)26-9-20(15-46-26)19-5-3-2-4-6-19/h2-6,9-10,12-13,15,18,22,25,28H,7-8,11,14,16-17H2,1H3,(H,41,42)/t18-,22-,25-/m0/s1. The summed E-state index contributed by atoms with van der Waals surface area (Å²) in [6.07, 6.45) is -2.03. The van der Waals surface area contributed by atoms with E-state index in [-0.39, 0.29) is 30.5 Å². The molecule has 7 rings (SSSR count). The van der Waals surface area contributed by atoms with Crippen molar-refractivity contribution in [3.05, 3.63) is 71.0 Å². The maximum atomic E-state index is 14.1. The van der Waals surface area contributed by atoms with Crippen molar-refractivity contribution in [1.29, 1.82) is 0 Å². The van der Waals surface area contributed by atoms with Gasteiger partial charge in [-0.3, -0.25) is 0 Å². The number of aliphatic carboxylic acids is 1. The predicted octanol–water partition coefficient (Wildman–Crippen LogP) is 5.96. The van der Waals surface area contributed by atoms with Crippen LogP contribution in [0.2, 0.25) is 5.02 Å². The number of nitrogens with zero attached hydrogens (tertiary/aromatic N) is 5. The van der Waals surface area contributed by atoms with Gasteiger partial charge in [0.25, 0.3) is 6.43 Å². The minimum absolute atomic E-state index is 0.0590. The molecule has 0 bridgehead atoms. The molecule has 3 aliphatic heterocycles. The number of aromatic nitrogens is 3. The molecule has 3 atom stereocenters. The summed E-state index contributed by atoms with van der Waals surface area (Å²) in [6.45, 7) is 4.15. The van der Waals surface area contributed by atoms with E-state index in [2.05, 4.69) is 19.9 Å². The molecule has 10 nitrogen and oxygen atoms in total. The van der Waals surface area contributed by atoms with Gasteiger partial charge in [0.2, 0.25) is 5.88 Å². The Labute approximate surface area is 272 Å². The van der Waals surface area contributed by atoms with E-state index in [0.29, 0.717) is 47.8 Å². The SMILES string of the molecule is C[C@@H]1N(c2cc(Cl)cnc2O[C@H]2C[C@@H](C(=O)O)N(c3cc(-c4cc(-c5ccccc5)cs4)nc(C(F)F)n3)C2)CCOC12COC2. The van der Waals surface area contributed by atoms with Crippen LogP contribution in [0.3, 0.4) is 0 Å². The highest BCUT2D eigenvalue weighted by Gasteiger charge is 2.50. The molecule has 46 heavy (non-hydrogen) atoms. The lowest BCUT2D eigenvalue weighted by Gasteiger charge is -2.53. The first kappa shape index (κ1) is 30.7. The van der Waals surface area contributed by atoms with Gasteiger partial charge in [0.15, 0.2) is 5.82 Å². The number of carboxylic acid groups (broad SMARTS) is 1. The molecule has 3 saturated heterocycles. The van der Waals surface area contributed by atoms with E-state index >= 15 is 0 Å². The zero-order chi connectivity index (χ0) is 32.0. The Hall–Kier alpha value is -3.91. The lowest BCUT2D eigenvalue weighted by Crippen LogP contribution is -2.68. The molecule has 14 heteroatoms. The summed E-state index contributed by atoms with van der Waals surface area (Å²) in [5.74, 6) is -1.41. The van der Waals surface area contributed by atoms with Crippen LogP contribution in [0.1, 0.15) is 25.6 Å². The molecule has 0 radical (unpaired) electrons. The Morgan fingerprint density at radius 2 is 1.96 bits per heavy atom. The zero-order valence-electron chi connectivity index (χ0n) is 24.7. The maximum Gasteiger partial charge on any atom is 0.326 e. The van der Waals surface area contributed by atoms with Gasteiger partial charge in [-0.1, -0.05) is 41.9 Å². The van der Waals surface area contributed by atoms with Crippen molar-refractivity contribution < 1.29 is 32.9 Å². The second kappa shape index (κ2) is 12.4. The van der Waals surface area contributed by atoms with Crippen LogP contribution in [0, 0.1) is 0 Å². The Morgan fingerprint density at radius 1 is 1.15 bits per heavy atom. The molecule has 0 saturated carbocycles. The van der Waals surface area contributed by atoms with Gasteiger partial charge in [-0.15, -0.1) is 11.3 Å². The van der Waals surface area contributed by atoms with E-state index in [9.17, 15) is 18.7 Å². The number of morpholine rings is 1. The largest absolute Gasteiger partial charge is 0.480 e. The molecule has 4 aromatic rings. The molecule has 0 amide bonds. The highest BCUT2D eigenvalue weighted by molar-refractivity contribution is 7.14. The van der Waals surface area contributed by atoms with Crippen LogP contribution in [-0.2, 0) is 14.3 Å². The molecule has 0 aliphatic carbocycles. The smallest absolute Gasteiger partial charge is 0.326 e. The summed E-state index contributed by atoms with van der Waals surface area (Å²) in [4.78, 5) is 29.5. The fourth-order valence-electron chi connectivity index (χ4n) is 6.22. The van der Waals surface area contributed by atoms with Crippen LogP contribution in [0.25, 0.3) is 21.7 Å². The average molecular weight is 670 g/mol. The fraction of sp³-hybridized carbons (Fsp3) is 0.375. The molecule has 6 heterocycles. The molecule has 3 fully saturated rings. The van der Waals surface area contributed by atoms with E-state index in [1.807, 2.05) is 48.7 Å². The number of ether oxygens (including phenoxy) is 3. The van der Waals surface area contributed by atoms with Crippen molar-refractivity contribution in [1.82, 2.24) is 15.0 Å². The first-order valence-corrected chi connectivity index (χ1v) is 16.1. The third-order valence-electron chi connectivity index (χ3n) is 8.76. The van der Waals surface area contributed by atoms with Crippen LogP contribution in [0.4, 0.5) is 20.3 Å². The number of carbonyl (C=O) groups is 1. The van der Waals surface area contributed by atoms with Crippen LogP contribution in [0.15, 0.2) is 60.1 Å². The summed E-state index contributed by atoms with van der Waals surface area (Å²) >= 11 is 7.73. The minimum Gasteiger partial charge on any atom is -0.480 e. The summed E-state index contributed by atoms with van der Waals surface area (Å²) in [5, 5.41) is 12.5. The van der Waals surface area contributed by atoms with Gasteiger partial charge in [0, 0.05) is 25.2 Å². The van der Waals surface area contributed by atoms with Gasteiger partial charge < -0.3 is 29.1 Å². The highest BCUT2D eigenvalue weighted by Crippen LogP contribution is 2.41. The van der Waals surface area contributed by atoms with Crippen molar-refractivity contribution in [3.8, 4) is 27.6 Å². The molecule has 3 aromatic heterocycles. The summed E-state index contributed by atoms with van der Waals surface area (Å²) < 4.78 is 46.0. The molecule has 1 N–H and O–H groups in total. The lowest BCUT2D eigenvalue weighted by molar-refractivity contribution is -0.228. The number of hydrogen-bond donors (Lipinski definition) is 1. The van der Waals surface area contributed by atoms with Crippen molar-refractivity contribution in [2.75, 3.05) is 42.7 Å². The lowest BCUT2D eigenvalue weighted by atomic mass is 9.90. The van der Waals surface area contributed by atoms with Gasteiger partial charge in [0.05, 0.1) is 48.0 Å². The van der Waals surface area contributed by atoms with E-state index in [0.717, 1.165) is 11.1 Å². The monoisotopic (exact) mass is 669 g/mol. The fourth-order valence-corrected chi connectivity index (χ4v) is 7.25. The Morgan fingerprint density at radius 3 is 2.67 bits per heavy atom. The second-order valence-electron chi connectivity index (χ2n) is 11.6. The second-order valence-corrected chi connectivity index (χ2v) is 12.9. The number of rotatable bonds is 8. The van der Waals surface area contributed by atoms with Crippen LogP contribution in [-0.4, -0.2) is 82.7 Å². The topological polar surface area (TPSA) is 110 Å². The third kappa shape index (κ3) is 5.76. The summed E-state index contributed by atoms with van der Waals surface area (Å²) in [6, 6.07) is 13.8. The number of benzene rings is 1. The number of anilines is 2. The number of pyridine rings is 1. The van der Waals surface area contributed by atoms with E-state index in [4.69, 9.17) is 25.8 Å². The molecule has 0 unspecified atom stereocenters. The van der Waals surface area contributed by atoms with E-state index in [1.54, 1.807) is 12.1 Å². The number of hydrogen-bond acceptors (Lipinski definition) is 10. The van der Waals surface area contributed by atoms with Gasteiger partial charge in [-0.25, -0.2) is 28.5 Å². The average Bonchev–Trinajstić information content (AvgIpc) is 3.70. The molecular weight excluding hydrogens is 640 g/mol. The molecule has 240 valence electrons. The van der Waals surface area contributed by atoms with Crippen molar-refractivity contribution in [2.45, 2.75) is 43.6 Å². The normalized spacial score (nSPS) is 22.3. The molecule has 1 aromatic carbocycles. The first-order chi connectivity index (χ1) is 22.2. The van der Waals surface area contributed by atoms with Gasteiger partial charge in [-0.05, 0) is 35.6 Å². The van der Waals surface area contributed by atoms with Gasteiger partial charge in [0.1, 0.15) is 29.3 Å². The van der Waals surface area contributed by atoms with E-state index in [1.165, 1.54) is 22.4 Å². The zero-order valence-corrected chi connectivity index (χ0v) is 26.3. The maximum absolute atomic E-state index is 14.1. The van der Waals surface area contributed by atoms with Crippen molar-refractivity contribution in [2.24, 2.45) is 0 Å². The number of thiophene rings is 1. The third-order valence-corrected chi connectivity index (χ3v) is 9.92. The van der Waals surface area contributed by atoms with Crippen molar-refractivity contribution >= 4 is 40.4 Å². The Bertz CT molecular complexity index is 1740. The Kier molecular flexibility index (Phi) is 8.26. The quantitative estimate of drug-likeness (QED) is 0.241. The number of carboxylic acids is 1. The molecule has 1 spiro atoms. The van der Waals surface area contributed by atoms with Crippen LogP contribution >= 0.6 is 22.9 Å². The predicted molar refractivity (Wildman–Crippen MR) is 169 cm³/mol. The first-order valence-electron chi connectivity index (χ1n) is 14.8. The van der Waals surface area contributed by atoms with Crippen LogP contribution < -0.4 is 14.5 Å². The van der Waals surface area contributed by atoms with Gasteiger partial charge >= 0.3 is 5.97 Å². The van der Waals surface area contributed by atoms with Gasteiger partial charge in [-0.2, -0.15) is 0 Å². The molecule has 3 aliphatic rings. The van der Waals surface area contributed by atoms with E-state index < -0.39 is 36.0 Å².